The van der Waals surface area contributed by atoms with Crippen LogP contribution in [0.3, 0.4) is 0 Å². The van der Waals surface area contributed by atoms with E-state index in [2.05, 4.69) is 49.5 Å². The lowest BCUT2D eigenvalue weighted by Gasteiger charge is -2.15. The number of rotatable bonds is 1. The number of nitrogens with zero attached hydrogens (tertiary/aromatic N) is 2. The molecule has 0 atom stereocenters. The van der Waals surface area contributed by atoms with Gasteiger partial charge in [0.2, 0.25) is 0 Å². The minimum atomic E-state index is -1.31. The number of benzene rings is 1. The van der Waals surface area contributed by atoms with Gasteiger partial charge < -0.3 is 4.57 Å². The van der Waals surface area contributed by atoms with Crippen LogP contribution in [0.2, 0.25) is 19.6 Å². The third-order valence-corrected chi connectivity index (χ3v) is 4.25. The van der Waals surface area contributed by atoms with Gasteiger partial charge in [-0.15, -0.1) is 0 Å². The second kappa shape index (κ2) is 2.95. The van der Waals surface area contributed by atoms with Gasteiger partial charge in [0.25, 0.3) is 0 Å². The Balaban J connectivity index is 2.75. The second-order valence-corrected chi connectivity index (χ2v) is 9.68. The van der Waals surface area contributed by atoms with E-state index in [0.717, 1.165) is 5.52 Å². The molecular weight excluding hydrogens is 188 g/mol. The molecule has 3 heteroatoms. The molecule has 0 unspecified atom stereocenters. The first kappa shape index (κ1) is 9.46. The zero-order valence-corrected chi connectivity index (χ0v) is 10.2. The molecule has 0 bridgehead atoms. The van der Waals surface area contributed by atoms with Gasteiger partial charge in [-0.2, -0.15) is 0 Å². The molecule has 1 heterocycles. The highest BCUT2D eigenvalue weighted by Crippen LogP contribution is 2.12. The normalized spacial score (nSPS) is 12.3. The van der Waals surface area contributed by atoms with Gasteiger partial charge in [-0.3, -0.25) is 0 Å². The minimum Gasteiger partial charge on any atom is -0.335 e. The largest absolute Gasteiger partial charge is 0.335 e. The molecule has 2 rings (SSSR count). The number of hydrogen-bond donors (Lipinski definition) is 0. The first-order valence-corrected chi connectivity index (χ1v) is 8.42. The predicted octanol–water partition coefficient (Wildman–Crippen LogP) is 2.12. The highest BCUT2D eigenvalue weighted by atomic mass is 28.3. The Hall–Kier alpha value is -1.09. The summed E-state index contributed by atoms with van der Waals surface area (Å²) in [7, 11) is 0.805. The van der Waals surface area contributed by atoms with Crippen molar-refractivity contribution in [3.05, 3.63) is 24.3 Å². The smallest absolute Gasteiger partial charge is 0.123 e. The highest BCUT2D eigenvalue weighted by molar-refractivity contribution is 6.87. The Bertz CT molecular complexity index is 466. The zero-order valence-electron chi connectivity index (χ0n) is 9.20. The molecule has 1 aromatic carbocycles. The van der Waals surface area contributed by atoms with E-state index in [1.807, 2.05) is 6.07 Å². The molecule has 0 saturated heterocycles. The van der Waals surface area contributed by atoms with Gasteiger partial charge in [0.1, 0.15) is 8.07 Å². The first-order valence-electron chi connectivity index (χ1n) is 4.92. The van der Waals surface area contributed by atoms with Crippen LogP contribution < -0.4 is 5.45 Å². The summed E-state index contributed by atoms with van der Waals surface area (Å²) in [6.07, 6.45) is 0. The summed E-state index contributed by atoms with van der Waals surface area (Å²) < 4.78 is 2.24. The number of para-hydroxylation sites is 2. The Morgan fingerprint density at radius 3 is 2.36 bits per heavy atom. The van der Waals surface area contributed by atoms with Gasteiger partial charge >= 0.3 is 0 Å². The van der Waals surface area contributed by atoms with E-state index in [0.29, 0.717) is 0 Å². The highest BCUT2D eigenvalue weighted by Gasteiger charge is 2.23. The SMILES string of the molecule is Cn1c([Si](C)(C)C)nc2ccccc21. The third-order valence-electron chi connectivity index (χ3n) is 2.46. The summed E-state index contributed by atoms with van der Waals surface area (Å²) in [5.74, 6) is 0. The van der Waals surface area contributed by atoms with E-state index < -0.39 is 8.07 Å². The standard InChI is InChI=1S/C11H16N2Si/c1-13-10-8-6-5-7-9(10)12-11(13)14(2,3)4/h5-8H,1-4H3. The van der Waals surface area contributed by atoms with Crippen molar-refractivity contribution in [1.29, 1.82) is 0 Å². The summed E-state index contributed by atoms with van der Waals surface area (Å²) in [6, 6.07) is 8.33. The van der Waals surface area contributed by atoms with Gasteiger partial charge in [0.05, 0.1) is 16.5 Å². The molecular formula is C11H16N2Si. The van der Waals surface area contributed by atoms with E-state index >= 15 is 0 Å². The summed E-state index contributed by atoms with van der Waals surface area (Å²) in [6.45, 7) is 6.98. The maximum Gasteiger partial charge on any atom is 0.123 e. The number of fused-ring (bicyclic) bond motifs is 1. The lowest BCUT2D eigenvalue weighted by Crippen LogP contribution is -2.43. The van der Waals surface area contributed by atoms with Crippen LogP contribution in [0.15, 0.2) is 24.3 Å². The minimum absolute atomic E-state index is 1.12. The Kier molecular flexibility index (Phi) is 1.99. The molecule has 14 heavy (non-hydrogen) atoms. The van der Waals surface area contributed by atoms with Crippen molar-refractivity contribution in [2.75, 3.05) is 0 Å². The first-order chi connectivity index (χ1) is 6.50. The van der Waals surface area contributed by atoms with Crippen molar-refractivity contribution in [2.24, 2.45) is 7.05 Å². The molecule has 0 fully saturated rings. The third kappa shape index (κ3) is 1.37. The lowest BCUT2D eigenvalue weighted by atomic mass is 10.3. The van der Waals surface area contributed by atoms with Crippen molar-refractivity contribution in [2.45, 2.75) is 19.6 Å². The maximum atomic E-state index is 4.71. The second-order valence-electron chi connectivity index (χ2n) is 4.73. The van der Waals surface area contributed by atoms with Crippen LogP contribution in [0.5, 0.6) is 0 Å². The van der Waals surface area contributed by atoms with Gasteiger partial charge in [-0.1, -0.05) is 31.8 Å². The molecule has 0 aliphatic rings. The fourth-order valence-corrected chi connectivity index (χ4v) is 3.40. The van der Waals surface area contributed by atoms with Crippen LogP contribution in [0.4, 0.5) is 0 Å². The lowest BCUT2D eigenvalue weighted by molar-refractivity contribution is 0.980. The Labute approximate surface area is 85.6 Å². The molecule has 0 amide bonds. The van der Waals surface area contributed by atoms with Crippen LogP contribution >= 0.6 is 0 Å². The van der Waals surface area contributed by atoms with Crippen LogP contribution in [0.1, 0.15) is 0 Å². The summed E-state index contributed by atoms with van der Waals surface area (Å²) in [5.41, 5.74) is 3.64. The van der Waals surface area contributed by atoms with Gasteiger partial charge in [-0.05, 0) is 12.1 Å². The van der Waals surface area contributed by atoms with Crippen molar-refractivity contribution >= 4 is 24.6 Å². The molecule has 0 aliphatic heterocycles. The van der Waals surface area contributed by atoms with Crippen molar-refractivity contribution in [3.63, 3.8) is 0 Å². The van der Waals surface area contributed by atoms with Gasteiger partial charge in [0.15, 0.2) is 0 Å². The number of aromatic nitrogens is 2. The van der Waals surface area contributed by atoms with E-state index in [4.69, 9.17) is 4.98 Å². The van der Waals surface area contributed by atoms with E-state index in [-0.39, 0.29) is 0 Å². The zero-order chi connectivity index (χ0) is 10.3. The number of hydrogen-bond acceptors (Lipinski definition) is 1. The van der Waals surface area contributed by atoms with Gasteiger partial charge in [-0.25, -0.2) is 4.98 Å². The van der Waals surface area contributed by atoms with Gasteiger partial charge in [0, 0.05) is 7.05 Å². The molecule has 74 valence electrons. The predicted molar refractivity (Wildman–Crippen MR) is 63.7 cm³/mol. The summed E-state index contributed by atoms with van der Waals surface area (Å²) in [4.78, 5) is 4.71. The molecule has 0 aliphatic carbocycles. The quantitative estimate of drug-likeness (QED) is 0.651. The van der Waals surface area contributed by atoms with E-state index in [1.54, 1.807) is 0 Å². The van der Waals surface area contributed by atoms with E-state index in [1.165, 1.54) is 11.0 Å². The average Bonchev–Trinajstić information content (AvgIpc) is 2.44. The monoisotopic (exact) mass is 204 g/mol. The van der Waals surface area contributed by atoms with Crippen molar-refractivity contribution in [3.8, 4) is 0 Å². The molecule has 2 aromatic rings. The van der Waals surface area contributed by atoms with Crippen LogP contribution in [0, 0.1) is 0 Å². The molecule has 0 radical (unpaired) electrons. The fraction of sp³-hybridized carbons (Fsp3) is 0.364. The van der Waals surface area contributed by atoms with E-state index in [9.17, 15) is 0 Å². The maximum absolute atomic E-state index is 4.71. The molecule has 0 N–H and O–H groups in total. The Morgan fingerprint density at radius 2 is 1.79 bits per heavy atom. The molecule has 1 aromatic heterocycles. The van der Waals surface area contributed by atoms with Crippen LogP contribution in [-0.4, -0.2) is 17.6 Å². The molecule has 0 spiro atoms. The Morgan fingerprint density at radius 1 is 1.14 bits per heavy atom. The summed E-state index contributed by atoms with van der Waals surface area (Å²) in [5, 5.41) is 0. The van der Waals surface area contributed by atoms with Crippen LogP contribution in [0.25, 0.3) is 11.0 Å². The van der Waals surface area contributed by atoms with Crippen molar-refractivity contribution < 1.29 is 0 Å². The number of aryl methyl sites for hydroxylation is 1. The van der Waals surface area contributed by atoms with Crippen LogP contribution in [-0.2, 0) is 7.05 Å². The number of imidazole rings is 1. The average molecular weight is 204 g/mol. The topological polar surface area (TPSA) is 17.8 Å². The molecule has 0 saturated carbocycles. The fourth-order valence-electron chi connectivity index (χ4n) is 1.82. The summed E-state index contributed by atoms with van der Waals surface area (Å²) >= 11 is 0. The van der Waals surface area contributed by atoms with Crippen molar-refractivity contribution in [1.82, 2.24) is 9.55 Å². The molecule has 2 nitrogen and oxygen atoms in total.